The zero-order valence-electron chi connectivity index (χ0n) is 16.6. The van der Waals surface area contributed by atoms with Gasteiger partial charge in [0.2, 0.25) is 5.89 Å². The predicted molar refractivity (Wildman–Crippen MR) is 107 cm³/mol. The van der Waals surface area contributed by atoms with Crippen LogP contribution in [0.1, 0.15) is 59.4 Å². The highest BCUT2D eigenvalue weighted by Gasteiger charge is 2.31. The fourth-order valence-electron chi connectivity index (χ4n) is 4.14. The van der Waals surface area contributed by atoms with E-state index in [0.717, 1.165) is 49.6 Å². The molecule has 150 valence electrons. The Bertz CT molecular complexity index is 1010. The van der Waals surface area contributed by atoms with Gasteiger partial charge >= 0.3 is 0 Å². The van der Waals surface area contributed by atoms with E-state index in [1.54, 1.807) is 6.20 Å². The molecule has 1 saturated heterocycles. The van der Waals surface area contributed by atoms with E-state index in [1.807, 2.05) is 46.8 Å². The first-order valence-corrected chi connectivity index (χ1v) is 10.4. The topological polar surface area (TPSA) is 77.1 Å². The number of carbonyl (C=O) groups excluding carboxylic acids is 1. The molecule has 5 rings (SSSR count). The average Bonchev–Trinajstić information content (AvgIpc) is 3.38. The summed E-state index contributed by atoms with van der Waals surface area (Å²) >= 11 is 0. The molecule has 0 radical (unpaired) electrons. The molecule has 1 atom stereocenters. The summed E-state index contributed by atoms with van der Waals surface area (Å²) in [5, 5.41) is 8.56. The predicted octanol–water partition coefficient (Wildman–Crippen LogP) is 3.54. The van der Waals surface area contributed by atoms with Crippen LogP contribution >= 0.6 is 0 Å². The number of likely N-dealkylation sites (tertiary alicyclic amines) is 1. The third-order valence-corrected chi connectivity index (χ3v) is 5.94. The van der Waals surface area contributed by atoms with Gasteiger partial charge in [-0.25, -0.2) is 4.68 Å². The summed E-state index contributed by atoms with van der Waals surface area (Å²) in [5.74, 6) is 2.47. The van der Waals surface area contributed by atoms with E-state index in [2.05, 4.69) is 15.2 Å². The summed E-state index contributed by atoms with van der Waals surface area (Å²) in [6, 6.07) is 9.90. The molecule has 1 aliphatic heterocycles. The van der Waals surface area contributed by atoms with E-state index in [4.69, 9.17) is 4.52 Å². The van der Waals surface area contributed by atoms with Gasteiger partial charge in [-0.15, -0.1) is 0 Å². The summed E-state index contributed by atoms with van der Waals surface area (Å²) in [6.45, 7) is 3.45. The number of carbonyl (C=O) groups is 1. The van der Waals surface area contributed by atoms with Crippen LogP contribution in [-0.4, -0.2) is 43.8 Å². The molecule has 3 heterocycles. The van der Waals surface area contributed by atoms with Crippen molar-refractivity contribution >= 4 is 5.91 Å². The van der Waals surface area contributed by atoms with Crippen LogP contribution in [0.2, 0.25) is 0 Å². The third-order valence-electron chi connectivity index (χ3n) is 5.94. The largest absolute Gasteiger partial charge is 0.339 e. The fraction of sp³-hybridized carbons (Fsp3) is 0.455. The van der Waals surface area contributed by atoms with Gasteiger partial charge in [-0.2, -0.15) is 10.1 Å². The second-order valence-corrected chi connectivity index (χ2v) is 8.18. The molecule has 1 aliphatic carbocycles. The molecule has 29 heavy (non-hydrogen) atoms. The monoisotopic (exact) mass is 391 g/mol. The SMILES string of the molecule is Cc1c(C(=O)N2CCC[C@H](Cc3nc(C4CC4)no3)C2)cnn1-c1ccccc1. The minimum atomic E-state index is 0.0542. The van der Waals surface area contributed by atoms with Crippen molar-refractivity contribution in [2.45, 2.75) is 44.9 Å². The molecule has 2 aromatic heterocycles. The molecule has 1 aromatic carbocycles. The molecule has 2 aliphatic rings. The van der Waals surface area contributed by atoms with Crippen LogP contribution in [0, 0.1) is 12.8 Å². The molecule has 1 saturated carbocycles. The Morgan fingerprint density at radius 1 is 1.21 bits per heavy atom. The second-order valence-electron chi connectivity index (χ2n) is 8.18. The van der Waals surface area contributed by atoms with E-state index in [0.29, 0.717) is 23.3 Å². The van der Waals surface area contributed by atoms with Crippen molar-refractivity contribution in [3.8, 4) is 5.69 Å². The van der Waals surface area contributed by atoms with Gasteiger partial charge in [-0.1, -0.05) is 23.4 Å². The molecule has 0 unspecified atom stereocenters. The van der Waals surface area contributed by atoms with Crippen molar-refractivity contribution < 1.29 is 9.32 Å². The van der Waals surface area contributed by atoms with Gasteiger partial charge in [-0.05, 0) is 50.7 Å². The first kappa shape index (κ1) is 18.1. The first-order chi connectivity index (χ1) is 14.2. The van der Waals surface area contributed by atoms with Crippen LogP contribution in [0.25, 0.3) is 5.69 Å². The van der Waals surface area contributed by atoms with Crippen LogP contribution in [0.3, 0.4) is 0 Å². The minimum absolute atomic E-state index is 0.0542. The van der Waals surface area contributed by atoms with Gasteiger partial charge in [0.25, 0.3) is 5.91 Å². The van der Waals surface area contributed by atoms with Gasteiger partial charge in [0.15, 0.2) is 5.82 Å². The number of aromatic nitrogens is 4. The van der Waals surface area contributed by atoms with Crippen LogP contribution in [0.5, 0.6) is 0 Å². The quantitative estimate of drug-likeness (QED) is 0.665. The Hall–Kier alpha value is -2.96. The number of para-hydroxylation sites is 1. The van der Waals surface area contributed by atoms with Crippen molar-refractivity contribution in [2.24, 2.45) is 5.92 Å². The van der Waals surface area contributed by atoms with E-state index >= 15 is 0 Å². The summed E-state index contributed by atoms with van der Waals surface area (Å²) in [7, 11) is 0. The van der Waals surface area contributed by atoms with Crippen molar-refractivity contribution in [3.63, 3.8) is 0 Å². The Labute approximate surface area is 169 Å². The van der Waals surface area contributed by atoms with Crippen LogP contribution in [0.4, 0.5) is 0 Å². The van der Waals surface area contributed by atoms with Crippen molar-refractivity contribution in [2.75, 3.05) is 13.1 Å². The van der Waals surface area contributed by atoms with Gasteiger partial charge < -0.3 is 9.42 Å². The molecular formula is C22H25N5O2. The molecule has 0 N–H and O–H groups in total. The first-order valence-electron chi connectivity index (χ1n) is 10.4. The summed E-state index contributed by atoms with van der Waals surface area (Å²) < 4.78 is 7.27. The fourth-order valence-corrected chi connectivity index (χ4v) is 4.14. The molecule has 7 nitrogen and oxygen atoms in total. The van der Waals surface area contributed by atoms with Crippen LogP contribution in [0.15, 0.2) is 41.1 Å². The van der Waals surface area contributed by atoms with Crippen LogP contribution < -0.4 is 0 Å². The zero-order valence-corrected chi connectivity index (χ0v) is 16.6. The summed E-state index contributed by atoms with van der Waals surface area (Å²) in [5.41, 5.74) is 2.50. The van der Waals surface area contributed by atoms with E-state index < -0.39 is 0 Å². The highest BCUT2D eigenvalue weighted by Crippen LogP contribution is 2.38. The lowest BCUT2D eigenvalue weighted by molar-refractivity contribution is 0.0667. The normalized spacial score (nSPS) is 19.5. The smallest absolute Gasteiger partial charge is 0.257 e. The van der Waals surface area contributed by atoms with Gasteiger partial charge in [0, 0.05) is 25.4 Å². The highest BCUT2D eigenvalue weighted by atomic mass is 16.5. The average molecular weight is 391 g/mol. The number of rotatable bonds is 5. The number of hydrogen-bond acceptors (Lipinski definition) is 5. The van der Waals surface area contributed by atoms with Crippen molar-refractivity contribution in [1.82, 2.24) is 24.8 Å². The van der Waals surface area contributed by atoms with Crippen molar-refractivity contribution in [3.05, 3.63) is 59.5 Å². The Balaban J connectivity index is 1.28. The van der Waals surface area contributed by atoms with Gasteiger partial charge in [-0.3, -0.25) is 4.79 Å². The number of nitrogens with zero attached hydrogens (tertiary/aromatic N) is 5. The maximum atomic E-state index is 13.2. The summed E-state index contributed by atoms with van der Waals surface area (Å²) in [6.07, 6.45) is 6.83. The maximum absolute atomic E-state index is 13.2. The molecule has 0 bridgehead atoms. The molecule has 1 amide bonds. The molecule has 0 spiro atoms. The number of piperidine rings is 1. The standard InChI is InChI=1S/C22H25N5O2/c1-15-19(13-23-27(15)18-7-3-2-4-8-18)22(28)26-11-5-6-16(14-26)12-20-24-21(25-29-20)17-9-10-17/h2-4,7-8,13,16-17H,5-6,9-12,14H2,1H3/t16-/m1/s1. The Morgan fingerprint density at radius 3 is 2.83 bits per heavy atom. The van der Waals surface area contributed by atoms with Crippen LogP contribution in [-0.2, 0) is 6.42 Å². The van der Waals surface area contributed by atoms with E-state index in [1.165, 1.54) is 12.8 Å². The maximum Gasteiger partial charge on any atom is 0.257 e. The lowest BCUT2D eigenvalue weighted by Crippen LogP contribution is -2.40. The number of amides is 1. The highest BCUT2D eigenvalue weighted by molar-refractivity contribution is 5.95. The minimum Gasteiger partial charge on any atom is -0.339 e. The van der Waals surface area contributed by atoms with Crippen molar-refractivity contribution in [1.29, 1.82) is 0 Å². The zero-order chi connectivity index (χ0) is 19.8. The third kappa shape index (κ3) is 3.69. The van der Waals surface area contributed by atoms with Gasteiger partial charge in [0.1, 0.15) is 0 Å². The molecular weight excluding hydrogens is 366 g/mol. The Morgan fingerprint density at radius 2 is 2.03 bits per heavy atom. The summed E-state index contributed by atoms with van der Waals surface area (Å²) in [4.78, 5) is 19.7. The second kappa shape index (κ2) is 7.46. The lowest BCUT2D eigenvalue weighted by atomic mass is 9.94. The molecule has 3 aromatic rings. The van der Waals surface area contributed by atoms with E-state index in [-0.39, 0.29) is 5.91 Å². The van der Waals surface area contributed by atoms with E-state index in [9.17, 15) is 4.79 Å². The number of benzene rings is 1. The Kier molecular flexibility index (Phi) is 4.66. The molecule has 7 heteroatoms. The molecule has 2 fully saturated rings. The lowest BCUT2D eigenvalue weighted by Gasteiger charge is -2.32. The van der Waals surface area contributed by atoms with Gasteiger partial charge in [0.05, 0.1) is 23.1 Å². The number of hydrogen-bond donors (Lipinski definition) is 0.